The fourth-order valence-electron chi connectivity index (χ4n) is 1.53. The van der Waals surface area contributed by atoms with E-state index >= 15 is 0 Å². The molecule has 0 aliphatic carbocycles. The molecule has 5 nitrogen and oxygen atoms in total. The Morgan fingerprint density at radius 1 is 1.05 bits per heavy atom. The second kappa shape index (κ2) is 6.51. The minimum Gasteiger partial charge on any atom is -0.482 e. The average molecular weight is 290 g/mol. The lowest BCUT2D eigenvalue weighted by Gasteiger charge is -2.07. The molecule has 0 fully saturated rings. The highest BCUT2D eigenvalue weighted by Gasteiger charge is 2.09. The lowest BCUT2D eigenvalue weighted by atomic mass is 10.2. The summed E-state index contributed by atoms with van der Waals surface area (Å²) in [5, 5.41) is 8.82. The first-order valence-electron chi connectivity index (χ1n) is 5.97. The highest BCUT2D eigenvalue weighted by atomic mass is 19.1. The van der Waals surface area contributed by atoms with E-state index in [1.54, 1.807) is 0 Å². The number of hydrogen-bond donors (Lipinski definition) is 1. The van der Waals surface area contributed by atoms with Gasteiger partial charge in [0, 0.05) is 0 Å². The molecule has 0 saturated carbocycles. The van der Waals surface area contributed by atoms with E-state index in [4.69, 9.17) is 14.6 Å². The molecule has 0 aliphatic heterocycles. The number of carboxylic acids is 1. The molecular weight excluding hydrogens is 279 g/mol. The van der Waals surface area contributed by atoms with E-state index in [9.17, 15) is 14.0 Å². The van der Waals surface area contributed by atoms with Crippen molar-refractivity contribution in [1.29, 1.82) is 0 Å². The molecule has 0 heterocycles. The van der Waals surface area contributed by atoms with Crippen molar-refractivity contribution in [3.05, 3.63) is 59.9 Å². The molecule has 21 heavy (non-hydrogen) atoms. The molecule has 1 N–H and O–H groups in total. The minimum absolute atomic E-state index is 0.0137. The summed E-state index contributed by atoms with van der Waals surface area (Å²) >= 11 is 0. The predicted octanol–water partition coefficient (Wildman–Crippen LogP) is 2.51. The molecule has 0 amide bonds. The molecule has 0 aliphatic rings. The standard InChI is InChI=1S/C15H11FO5/c16-11-4-6-12(7-5-11)20-9-14(17)21-13-3-1-2-10(8-13)15(18)19/h1-8H,9H2,(H,18,19). The first-order chi connectivity index (χ1) is 10.0. The molecule has 0 aromatic heterocycles. The zero-order valence-corrected chi connectivity index (χ0v) is 10.8. The largest absolute Gasteiger partial charge is 0.482 e. The first-order valence-corrected chi connectivity index (χ1v) is 5.97. The molecular formula is C15H11FO5. The molecule has 6 heteroatoms. The third-order valence-corrected chi connectivity index (χ3v) is 2.48. The van der Waals surface area contributed by atoms with Crippen LogP contribution in [-0.4, -0.2) is 23.7 Å². The van der Waals surface area contributed by atoms with Crippen molar-refractivity contribution in [2.45, 2.75) is 0 Å². The van der Waals surface area contributed by atoms with Crippen LogP contribution in [0.3, 0.4) is 0 Å². The third-order valence-electron chi connectivity index (χ3n) is 2.48. The number of carbonyl (C=O) groups is 2. The zero-order chi connectivity index (χ0) is 15.2. The van der Waals surface area contributed by atoms with Crippen LogP contribution in [0.5, 0.6) is 11.5 Å². The maximum atomic E-state index is 12.7. The van der Waals surface area contributed by atoms with Gasteiger partial charge in [-0.05, 0) is 42.5 Å². The lowest BCUT2D eigenvalue weighted by Crippen LogP contribution is -2.17. The van der Waals surface area contributed by atoms with Crippen LogP contribution < -0.4 is 9.47 Å². The van der Waals surface area contributed by atoms with Crippen LogP contribution in [0.25, 0.3) is 0 Å². The summed E-state index contributed by atoms with van der Waals surface area (Å²) in [6, 6.07) is 10.7. The van der Waals surface area contributed by atoms with Gasteiger partial charge in [0.1, 0.15) is 17.3 Å². The Bertz CT molecular complexity index is 651. The monoisotopic (exact) mass is 290 g/mol. The van der Waals surface area contributed by atoms with E-state index < -0.39 is 17.8 Å². The van der Waals surface area contributed by atoms with Crippen molar-refractivity contribution < 1.29 is 28.6 Å². The summed E-state index contributed by atoms with van der Waals surface area (Å²) in [6.45, 7) is -0.372. The van der Waals surface area contributed by atoms with Gasteiger partial charge in [-0.3, -0.25) is 0 Å². The van der Waals surface area contributed by atoms with E-state index in [1.165, 1.54) is 48.5 Å². The topological polar surface area (TPSA) is 72.8 Å². The second-order valence-electron chi connectivity index (χ2n) is 4.05. The summed E-state index contributed by atoms with van der Waals surface area (Å²) in [5.74, 6) is -1.78. The van der Waals surface area contributed by atoms with Gasteiger partial charge in [-0.2, -0.15) is 0 Å². The number of aromatic carboxylic acids is 1. The number of carboxylic acid groups (broad SMARTS) is 1. The van der Waals surface area contributed by atoms with E-state index in [1.807, 2.05) is 0 Å². The molecule has 0 atom stereocenters. The average Bonchev–Trinajstić information content (AvgIpc) is 2.47. The van der Waals surface area contributed by atoms with E-state index in [0.717, 1.165) is 0 Å². The van der Waals surface area contributed by atoms with E-state index in [-0.39, 0.29) is 17.9 Å². The lowest BCUT2D eigenvalue weighted by molar-refractivity contribution is -0.136. The summed E-state index contributed by atoms with van der Waals surface area (Å²) in [4.78, 5) is 22.3. The summed E-state index contributed by atoms with van der Waals surface area (Å²) in [6.07, 6.45) is 0. The summed E-state index contributed by atoms with van der Waals surface area (Å²) < 4.78 is 22.7. The van der Waals surface area contributed by atoms with Gasteiger partial charge in [-0.1, -0.05) is 6.07 Å². The Morgan fingerprint density at radius 3 is 2.43 bits per heavy atom. The molecule has 0 radical (unpaired) electrons. The summed E-state index contributed by atoms with van der Waals surface area (Å²) in [5.41, 5.74) is 0.0137. The highest BCUT2D eigenvalue weighted by molar-refractivity contribution is 5.88. The Labute approximate surface area is 119 Å². The number of hydrogen-bond acceptors (Lipinski definition) is 4. The Balaban J connectivity index is 1.91. The molecule has 0 bridgehead atoms. The van der Waals surface area contributed by atoms with Gasteiger partial charge in [0.25, 0.3) is 0 Å². The fourth-order valence-corrected chi connectivity index (χ4v) is 1.53. The quantitative estimate of drug-likeness (QED) is 0.676. The number of carbonyl (C=O) groups excluding carboxylic acids is 1. The second-order valence-corrected chi connectivity index (χ2v) is 4.05. The normalized spacial score (nSPS) is 9.95. The van der Waals surface area contributed by atoms with Gasteiger partial charge >= 0.3 is 11.9 Å². The van der Waals surface area contributed by atoms with Crippen LogP contribution in [0.4, 0.5) is 4.39 Å². The van der Waals surface area contributed by atoms with Crippen molar-refractivity contribution in [3.63, 3.8) is 0 Å². The van der Waals surface area contributed by atoms with Crippen LogP contribution in [0.2, 0.25) is 0 Å². The molecule has 2 aromatic carbocycles. The number of esters is 1. The van der Waals surface area contributed by atoms with Crippen molar-refractivity contribution in [3.8, 4) is 11.5 Å². The van der Waals surface area contributed by atoms with Crippen LogP contribution >= 0.6 is 0 Å². The molecule has 0 spiro atoms. The molecule has 108 valence electrons. The zero-order valence-electron chi connectivity index (χ0n) is 10.8. The van der Waals surface area contributed by atoms with Gasteiger partial charge < -0.3 is 14.6 Å². The third kappa shape index (κ3) is 4.31. The number of rotatable bonds is 5. The van der Waals surface area contributed by atoms with Crippen LogP contribution in [-0.2, 0) is 4.79 Å². The summed E-state index contributed by atoms with van der Waals surface area (Å²) in [7, 11) is 0. The van der Waals surface area contributed by atoms with Crippen molar-refractivity contribution >= 4 is 11.9 Å². The molecule has 0 saturated heterocycles. The highest BCUT2D eigenvalue weighted by Crippen LogP contribution is 2.14. The van der Waals surface area contributed by atoms with Crippen molar-refractivity contribution in [2.75, 3.05) is 6.61 Å². The Hall–Kier alpha value is -2.89. The number of ether oxygens (including phenoxy) is 2. The fraction of sp³-hybridized carbons (Fsp3) is 0.0667. The van der Waals surface area contributed by atoms with Crippen LogP contribution in [0, 0.1) is 5.82 Å². The molecule has 2 aromatic rings. The Kier molecular flexibility index (Phi) is 4.50. The van der Waals surface area contributed by atoms with Gasteiger partial charge in [0.2, 0.25) is 0 Å². The van der Waals surface area contributed by atoms with Gasteiger partial charge in [0.15, 0.2) is 6.61 Å². The van der Waals surface area contributed by atoms with Gasteiger partial charge in [0.05, 0.1) is 5.56 Å². The number of halogens is 1. The maximum absolute atomic E-state index is 12.7. The van der Waals surface area contributed by atoms with Crippen LogP contribution in [0.1, 0.15) is 10.4 Å². The Morgan fingerprint density at radius 2 is 1.76 bits per heavy atom. The molecule has 0 unspecified atom stereocenters. The van der Waals surface area contributed by atoms with Crippen LogP contribution in [0.15, 0.2) is 48.5 Å². The minimum atomic E-state index is -1.12. The van der Waals surface area contributed by atoms with E-state index in [2.05, 4.69) is 0 Å². The smallest absolute Gasteiger partial charge is 0.349 e. The van der Waals surface area contributed by atoms with Gasteiger partial charge in [-0.15, -0.1) is 0 Å². The number of benzene rings is 2. The van der Waals surface area contributed by atoms with Crippen molar-refractivity contribution in [1.82, 2.24) is 0 Å². The molecule has 2 rings (SSSR count). The maximum Gasteiger partial charge on any atom is 0.349 e. The predicted molar refractivity (Wildman–Crippen MR) is 70.9 cm³/mol. The van der Waals surface area contributed by atoms with E-state index in [0.29, 0.717) is 5.75 Å². The van der Waals surface area contributed by atoms with Crippen molar-refractivity contribution in [2.24, 2.45) is 0 Å². The first kappa shape index (κ1) is 14.5. The van der Waals surface area contributed by atoms with Gasteiger partial charge in [-0.25, -0.2) is 14.0 Å². The SMILES string of the molecule is O=C(COc1ccc(F)cc1)Oc1cccc(C(=O)O)c1.